The number of rotatable bonds is 6. The van der Waals surface area contributed by atoms with Crippen molar-refractivity contribution in [3.8, 4) is 0 Å². The van der Waals surface area contributed by atoms with Crippen molar-refractivity contribution in [3.63, 3.8) is 0 Å². The van der Waals surface area contributed by atoms with Gasteiger partial charge in [-0.2, -0.15) is 11.8 Å². The molecule has 94 valence electrons. The average molecular weight is 255 g/mol. The molecule has 0 amide bonds. The summed E-state index contributed by atoms with van der Waals surface area (Å²) in [4.78, 5) is 15.5. The number of aliphatic hydroxyl groups is 1. The van der Waals surface area contributed by atoms with Crippen molar-refractivity contribution < 1.29 is 14.6 Å². The molecule has 17 heavy (non-hydrogen) atoms. The summed E-state index contributed by atoms with van der Waals surface area (Å²) in [5, 5.41) is 9.17. The monoisotopic (exact) mass is 255 g/mol. The van der Waals surface area contributed by atoms with E-state index in [4.69, 9.17) is 5.11 Å². The fourth-order valence-corrected chi connectivity index (χ4v) is 2.16. The van der Waals surface area contributed by atoms with Gasteiger partial charge in [0.15, 0.2) is 0 Å². The Hall–Kier alpha value is -1.07. The van der Waals surface area contributed by atoms with Crippen LogP contribution in [0, 0.1) is 0 Å². The molecule has 0 bridgehead atoms. The van der Waals surface area contributed by atoms with E-state index >= 15 is 0 Å². The van der Waals surface area contributed by atoms with E-state index in [0.717, 1.165) is 17.9 Å². The number of aliphatic hydroxyl groups excluding tert-OH is 1. The number of hydrogen-bond acceptors (Lipinski definition) is 5. The number of ether oxygens (including phenoxy) is 1. The number of carbonyl (C=O) groups is 1. The van der Waals surface area contributed by atoms with Gasteiger partial charge in [-0.15, -0.1) is 0 Å². The van der Waals surface area contributed by atoms with E-state index in [1.54, 1.807) is 23.9 Å². The van der Waals surface area contributed by atoms with Crippen LogP contribution in [-0.4, -0.2) is 35.0 Å². The number of hydrogen-bond donors (Lipinski definition) is 1. The highest BCUT2D eigenvalue weighted by Crippen LogP contribution is 2.18. The van der Waals surface area contributed by atoms with Crippen molar-refractivity contribution in [2.45, 2.75) is 24.3 Å². The number of thioether (sulfide) groups is 1. The number of nitrogens with zero attached hydrogens (tertiary/aromatic N) is 1. The lowest BCUT2D eigenvalue weighted by atomic mass is 10.3. The molecule has 0 aliphatic carbocycles. The molecular formula is C12H17NO3S. The first-order valence-corrected chi connectivity index (χ1v) is 6.49. The normalized spacial score (nSPS) is 12.2. The van der Waals surface area contributed by atoms with Gasteiger partial charge in [-0.25, -0.2) is 9.78 Å². The first kappa shape index (κ1) is 14.0. The van der Waals surface area contributed by atoms with Crippen LogP contribution in [0.4, 0.5) is 0 Å². The van der Waals surface area contributed by atoms with Crippen molar-refractivity contribution >= 4 is 17.7 Å². The molecule has 0 aromatic carbocycles. The first-order chi connectivity index (χ1) is 8.17. The Bertz CT molecular complexity index is 371. The van der Waals surface area contributed by atoms with E-state index in [0.29, 0.717) is 10.9 Å². The van der Waals surface area contributed by atoms with Crippen LogP contribution in [0.3, 0.4) is 0 Å². The molecule has 1 heterocycles. The highest BCUT2D eigenvalue weighted by atomic mass is 32.2. The maximum atomic E-state index is 11.3. The zero-order chi connectivity index (χ0) is 12.7. The van der Waals surface area contributed by atoms with Crippen molar-refractivity contribution in [1.82, 2.24) is 4.98 Å². The summed E-state index contributed by atoms with van der Waals surface area (Å²) in [6.45, 7) is 2.26. The van der Waals surface area contributed by atoms with Gasteiger partial charge in [-0.3, -0.25) is 0 Å². The van der Waals surface area contributed by atoms with Crippen molar-refractivity contribution in [1.29, 1.82) is 0 Å². The molecule has 0 aliphatic heterocycles. The van der Waals surface area contributed by atoms with Gasteiger partial charge in [0.1, 0.15) is 5.69 Å². The second-order valence-electron chi connectivity index (χ2n) is 3.64. The third-order valence-corrected chi connectivity index (χ3v) is 3.52. The summed E-state index contributed by atoms with van der Waals surface area (Å²) in [5.74, 6) is 0.312. The highest BCUT2D eigenvalue weighted by molar-refractivity contribution is 7.99. The van der Waals surface area contributed by atoms with Crippen LogP contribution >= 0.6 is 11.8 Å². The van der Waals surface area contributed by atoms with Gasteiger partial charge < -0.3 is 9.84 Å². The van der Waals surface area contributed by atoms with Crippen molar-refractivity contribution in [2.75, 3.05) is 13.7 Å². The minimum atomic E-state index is -0.416. The number of esters is 1. The molecule has 0 aliphatic rings. The number of pyridine rings is 1. The summed E-state index contributed by atoms with van der Waals surface area (Å²) in [5.41, 5.74) is 1.18. The van der Waals surface area contributed by atoms with E-state index < -0.39 is 5.97 Å². The predicted octanol–water partition coefficient (Wildman–Crippen LogP) is 1.87. The Labute approximate surface area is 105 Å². The number of carbonyl (C=O) groups excluding carboxylic acids is 1. The Morgan fingerprint density at radius 2 is 2.35 bits per heavy atom. The second-order valence-corrected chi connectivity index (χ2v) is 5.07. The second kappa shape index (κ2) is 7.29. The SMILES string of the molecule is COC(=O)c1cccc(CSC(C)CCO)n1. The van der Waals surface area contributed by atoms with E-state index in [2.05, 4.69) is 16.6 Å². The Morgan fingerprint density at radius 3 is 3.00 bits per heavy atom. The molecule has 1 aromatic rings. The third-order valence-electron chi connectivity index (χ3n) is 2.25. The van der Waals surface area contributed by atoms with Crippen LogP contribution in [-0.2, 0) is 10.5 Å². The zero-order valence-electron chi connectivity index (χ0n) is 10.0. The molecule has 1 atom stereocenters. The summed E-state index contributed by atoms with van der Waals surface area (Å²) in [6.07, 6.45) is 0.765. The van der Waals surface area contributed by atoms with Gasteiger partial charge in [0, 0.05) is 17.6 Å². The van der Waals surface area contributed by atoms with Crippen molar-refractivity contribution in [3.05, 3.63) is 29.6 Å². The fraction of sp³-hybridized carbons (Fsp3) is 0.500. The fourth-order valence-electron chi connectivity index (χ4n) is 1.27. The maximum absolute atomic E-state index is 11.3. The van der Waals surface area contributed by atoms with Crippen LogP contribution in [0.25, 0.3) is 0 Å². The van der Waals surface area contributed by atoms with Gasteiger partial charge in [0.25, 0.3) is 0 Å². The van der Waals surface area contributed by atoms with Crippen LogP contribution in [0.15, 0.2) is 18.2 Å². The number of methoxy groups -OCH3 is 1. The summed E-state index contributed by atoms with van der Waals surface area (Å²) >= 11 is 1.71. The van der Waals surface area contributed by atoms with Crippen LogP contribution in [0.1, 0.15) is 29.5 Å². The molecule has 0 saturated carbocycles. The quantitative estimate of drug-likeness (QED) is 0.786. The molecule has 0 spiro atoms. The van der Waals surface area contributed by atoms with E-state index in [-0.39, 0.29) is 6.61 Å². The van der Waals surface area contributed by atoms with Crippen LogP contribution in [0.5, 0.6) is 0 Å². The molecule has 1 unspecified atom stereocenters. The molecule has 0 saturated heterocycles. The molecule has 1 aromatic heterocycles. The molecule has 1 N–H and O–H groups in total. The van der Waals surface area contributed by atoms with Gasteiger partial charge in [-0.05, 0) is 18.6 Å². The first-order valence-electron chi connectivity index (χ1n) is 5.44. The van der Waals surface area contributed by atoms with Gasteiger partial charge in [0.2, 0.25) is 0 Å². The van der Waals surface area contributed by atoms with Crippen LogP contribution in [0.2, 0.25) is 0 Å². The predicted molar refractivity (Wildman–Crippen MR) is 68.0 cm³/mol. The topological polar surface area (TPSA) is 59.4 Å². The Kier molecular flexibility index (Phi) is 6.00. The molecule has 1 rings (SSSR count). The molecule has 5 heteroatoms. The molecule has 0 fully saturated rings. The zero-order valence-corrected chi connectivity index (χ0v) is 10.9. The maximum Gasteiger partial charge on any atom is 0.356 e. The highest BCUT2D eigenvalue weighted by Gasteiger charge is 2.08. The van der Waals surface area contributed by atoms with E-state index in [9.17, 15) is 4.79 Å². The molecule has 4 nitrogen and oxygen atoms in total. The largest absolute Gasteiger partial charge is 0.464 e. The van der Waals surface area contributed by atoms with Gasteiger partial charge >= 0.3 is 5.97 Å². The van der Waals surface area contributed by atoms with E-state index in [1.807, 2.05) is 6.07 Å². The smallest absolute Gasteiger partial charge is 0.356 e. The number of aromatic nitrogens is 1. The van der Waals surface area contributed by atoms with Crippen molar-refractivity contribution in [2.24, 2.45) is 0 Å². The molecular weight excluding hydrogens is 238 g/mol. The summed E-state index contributed by atoms with van der Waals surface area (Å²) in [7, 11) is 1.34. The van der Waals surface area contributed by atoms with Gasteiger partial charge in [-0.1, -0.05) is 13.0 Å². The lowest BCUT2D eigenvalue weighted by Crippen LogP contribution is -2.06. The molecule has 0 radical (unpaired) electrons. The summed E-state index contributed by atoms with van der Waals surface area (Å²) < 4.78 is 4.61. The summed E-state index contributed by atoms with van der Waals surface area (Å²) in [6, 6.07) is 5.31. The Morgan fingerprint density at radius 1 is 1.59 bits per heavy atom. The third kappa shape index (κ3) is 4.75. The lowest BCUT2D eigenvalue weighted by molar-refractivity contribution is 0.0594. The lowest BCUT2D eigenvalue weighted by Gasteiger charge is -2.09. The average Bonchev–Trinajstić information content (AvgIpc) is 2.36. The minimum absolute atomic E-state index is 0.198. The Balaban J connectivity index is 2.57. The minimum Gasteiger partial charge on any atom is -0.464 e. The van der Waals surface area contributed by atoms with Crippen LogP contribution < -0.4 is 0 Å². The standard InChI is InChI=1S/C12H17NO3S/c1-9(6-7-14)17-8-10-4-3-5-11(13-10)12(15)16-2/h3-5,9,14H,6-8H2,1-2H3. The van der Waals surface area contributed by atoms with Gasteiger partial charge in [0.05, 0.1) is 12.8 Å². The van der Waals surface area contributed by atoms with E-state index in [1.165, 1.54) is 7.11 Å².